The van der Waals surface area contributed by atoms with E-state index in [2.05, 4.69) is 5.32 Å². The predicted octanol–water partition coefficient (Wildman–Crippen LogP) is 1.98. The first-order valence-corrected chi connectivity index (χ1v) is 6.85. The molecular formula is C15H20FNO3. The molecule has 0 saturated heterocycles. The summed E-state index contributed by atoms with van der Waals surface area (Å²) >= 11 is 0. The van der Waals surface area contributed by atoms with Crippen molar-refractivity contribution in [1.82, 2.24) is 5.32 Å². The molecule has 0 fully saturated rings. The summed E-state index contributed by atoms with van der Waals surface area (Å²) in [6, 6.07) is 4.75. The second kappa shape index (κ2) is 7.36. The van der Waals surface area contributed by atoms with Gasteiger partial charge in [0.1, 0.15) is 5.82 Å². The van der Waals surface area contributed by atoms with Crippen LogP contribution in [0.15, 0.2) is 18.2 Å². The molecule has 1 aliphatic rings. The fourth-order valence-electron chi connectivity index (χ4n) is 2.41. The van der Waals surface area contributed by atoms with Gasteiger partial charge < -0.3 is 14.8 Å². The standard InChI is InChI=1S/C15H20FNO3/c1-19-8-9-20-7-6-15(18)17-14-5-2-11-10-12(16)3-4-13(11)14/h3-4,10,14H,2,5-9H2,1H3,(H,17,18). The van der Waals surface area contributed by atoms with E-state index in [0.717, 1.165) is 24.0 Å². The normalized spacial score (nSPS) is 17.0. The molecule has 1 aliphatic carbocycles. The number of ether oxygens (including phenoxy) is 2. The molecule has 0 radical (unpaired) electrons. The Kier molecular flexibility index (Phi) is 5.49. The van der Waals surface area contributed by atoms with Crippen molar-refractivity contribution in [2.24, 2.45) is 0 Å². The Hall–Kier alpha value is -1.46. The van der Waals surface area contributed by atoms with Crippen LogP contribution < -0.4 is 5.32 Å². The van der Waals surface area contributed by atoms with Gasteiger partial charge in [-0.25, -0.2) is 4.39 Å². The third kappa shape index (κ3) is 4.02. The van der Waals surface area contributed by atoms with Crippen molar-refractivity contribution < 1.29 is 18.7 Å². The maximum atomic E-state index is 13.1. The Labute approximate surface area is 118 Å². The van der Waals surface area contributed by atoms with Crippen molar-refractivity contribution >= 4 is 5.91 Å². The minimum atomic E-state index is -0.220. The maximum absolute atomic E-state index is 13.1. The van der Waals surface area contributed by atoms with Gasteiger partial charge in [-0.3, -0.25) is 4.79 Å². The number of fused-ring (bicyclic) bond motifs is 1. The van der Waals surface area contributed by atoms with Gasteiger partial charge in [0.2, 0.25) is 5.91 Å². The first-order chi connectivity index (χ1) is 9.70. The van der Waals surface area contributed by atoms with Crippen LogP contribution in [0.4, 0.5) is 4.39 Å². The van der Waals surface area contributed by atoms with E-state index in [0.29, 0.717) is 26.2 Å². The first kappa shape index (κ1) is 14.9. The van der Waals surface area contributed by atoms with Crippen LogP contribution >= 0.6 is 0 Å². The summed E-state index contributed by atoms with van der Waals surface area (Å²) in [4.78, 5) is 11.8. The Bertz CT molecular complexity index is 464. The highest BCUT2D eigenvalue weighted by atomic mass is 19.1. The van der Waals surface area contributed by atoms with Crippen molar-refractivity contribution in [3.63, 3.8) is 0 Å². The molecular weight excluding hydrogens is 261 g/mol. The molecule has 0 saturated carbocycles. The van der Waals surface area contributed by atoms with Crippen LogP contribution in [0.1, 0.15) is 30.0 Å². The molecule has 20 heavy (non-hydrogen) atoms. The lowest BCUT2D eigenvalue weighted by Gasteiger charge is -2.14. The van der Waals surface area contributed by atoms with E-state index in [4.69, 9.17) is 9.47 Å². The van der Waals surface area contributed by atoms with Crippen LogP contribution in [0, 0.1) is 5.82 Å². The number of amides is 1. The fourth-order valence-corrected chi connectivity index (χ4v) is 2.41. The lowest BCUT2D eigenvalue weighted by molar-refractivity contribution is -0.123. The molecule has 0 aliphatic heterocycles. The number of carbonyl (C=O) groups is 1. The molecule has 0 aromatic heterocycles. The van der Waals surface area contributed by atoms with Crippen LogP contribution in [0.5, 0.6) is 0 Å². The number of hydrogen-bond acceptors (Lipinski definition) is 3. The summed E-state index contributed by atoms with van der Waals surface area (Å²) in [7, 11) is 1.61. The highest BCUT2D eigenvalue weighted by Gasteiger charge is 2.23. The fraction of sp³-hybridized carbons (Fsp3) is 0.533. The number of carbonyl (C=O) groups excluding carboxylic acids is 1. The third-order valence-electron chi connectivity index (χ3n) is 3.42. The van der Waals surface area contributed by atoms with E-state index in [9.17, 15) is 9.18 Å². The molecule has 2 rings (SSSR count). The topological polar surface area (TPSA) is 47.6 Å². The SMILES string of the molecule is COCCOCCC(=O)NC1CCc2cc(F)ccc21. The van der Waals surface area contributed by atoms with E-state index in [-0.39, 0.29) is 17.8 Å². The van der Waals surface area contributed by atoms with Gasteiger partial charge >= 0.3 is 0 Å². The second-order valence-corrected chi connectivity index (χ2v) is 4.86. The summed E-state index contributed by atoms with van der Waals surface area (Å²) in [5.41, 5.74) is 2.02. The predicted molar refractivity (Wildman–Crippen MR) is 72.9 cm³/mol. The summed E-state index contributed by atoms with van der Waals surface area (Å²) in [5.74, 6) is -0.258. The molecule has 0 bridgehead atoms. The Balaban J connectivity index is 1.76. The molecule has 1 aromatic rings. The van der Waals surface area contributed by atoms with Crippen LogP contribution in [0.25, 0.3) is 0 Å². The zero-order valence-electron chi connectivity index (χ0n) is 11.7. The second-order valence-electron chi connectivity index (χ2n) is 4.86. The number of aryl methyl sites for hydroxylation is 1. The van der Waals surface area contributed by atoms with Crippen LogP contribution in [-0.2, 0) is 20.7 Å². The number of rotatable bonds is 7. The minimum absolute atomic E-state index is 0.00271. The molecule has 4 nitrogen and oxygen atoms in total. The summed E-state index contributed by atoms with van der Waals surface area (Å²) < 4.78 is 23.2. The maximum Gasteiger partial charge on any atom is 0.222 e. The highest BCUT2D eigenvalue weighted by Crippen LogP contribution is 2.31. The third-order valence-corrected chi connectivity index (χ3v) is 3.42. The van der Waals surface area contributed by atoms with Crippen LogP contribution in [0.2, 0.25) is 0 Å². The minimum Gasteiger partial charge on any atom is -0.382 e. The molecule has 1 atom stereocenters. The van der Waals surface area contributed by atoms with E-state index >= 15 is 0 Å². The molecule has 0 spiro atoms. The summed E-state index contributed by atoms with van der Waals surface area (Å²) in [6.07, 6.45) is 1.97. The van der Waals surface area contributed by atoms with Crippen molar-refractivity contribution in [1.29, 1.82) is 0 Å². The van der Waals surface area contributed by atoms with Crippen molar-refractivity contribution in [3.8, 4) is 0 Å². The first-order valence-electron chi connectivity index (χ1n) is 6.85. The largest absolute Gasteiger partial charge is 0.382 e. The van der Waals surface area contributed by atoms with Crippen molar-refractivity contribution in [2.45, 2.75) is 25.3 Å². The van der Waals surface area contributed by atoms with Gasteiger partial charge in [-0.05, 0) is 36.1 Å². The highest BCUT2D eigenvalue weighted by molar-refractivity contribution is 5.76. The molecule has 110 valence electrons. The Morgan fingerprint density at radius 3 is 3.05 bits per heavy atom. The van der Waals surface area contributed by atoms with Crippen molar-refractivity contribution in [3.05, 3.63) is 35.1 Å². The lowest BCUT2D eigenvalue weighted by Crippen LogP contribution is -2.28. The summed E-state index contributed by atoms with van der Waals surface area (Å²) in [5, 5.41) is 2.97. The number of benzene rings is 1. The Morgan fingerprint density at radius 1 is 1.40 bits per heavy atom. The zero-order chi connectivity index (χ0) is 14.4. The van der Waals surface area contributed by atoms with Crippen LogP contribution in [-0.4, -0.2) is 32.8 Å². The molecule has 1 unspecified atom stereocenters. The quantitative estimate of drug-likeness (QED) is 0.777. The van der Waals surface area contributed by atoms with E-state index in [1.165, 1.54) is 6.07 Å². The number of hydrogen-bond donors (Lipinski definition) is 1. The van der Waals surface area contributed by atoms with Gasteiger partial charge in [-0.1, -0.05) is 6.07 Å². The summed E-state index contributed by atoms with van der Waals surface area (Å²) in [6.45, 7) is 1.41. The molecule has 1 aromatic carbocycles. The zero-order valence-corrected chi connectivity index (χ0v) is 11.7. The molecule has 5 heteroatoms. The van der Waals surface area contributed by atoms with Gasteiger partial charge in [0.25, 0.3) is 0 Å². The van der Waals surface area contributed by atoms with Gasteiger partial charge in [-0.15, -0.1) is 0 Å². The van der Waals surface area contributed by atoms with E-state index in [1.807, 2.05) is 0 Å². The molecule has 0 heterocycles. The smallest absolute Gasteiger partial charge is 0.222 e. The van der Waals surface area contributed by atoms with Gasteiger partial charge in [0, 0.05) is 13.5 Å². The monoisotopic (exact) mass is 281 g/mol. The Morgan fingerprint density at radius 2 is 2.25 bits per heavy atom. The number of nitrogens with one attached hydrogen (secondary N) is 1. The lowest BCUT2D eigenvalue weighted by atomic mass is 10.1. The average molecular weight is 281 g/mol. The van der Waals surface area contributed by atoms with E-state index in [1.54, 1.807) is 19.2 Å². The van der Waals surface area contributed by atoms with E-state index < -0.39 is 0 Å². The average Bonchev–Trinajstić information content (AvgIpc) is 2.81. The van der Waals surface area contributed by atoms with Gasteiger partial charge in [-0.2, -0.15) is 0 Å². The van der Waals surface area contributed by atoms with Crippen molar-refractivity contribution in [2.75, 3.05) is 26.9 Å². The number of methoxy groups -OCH3 is 1. The van der Waals surface area contributed by atoms with Crippen LogP contribution in [0.3, 0.4) is 0 Å². The van der Waals surface area contributed by atoms with Gasteiger partial charge in [0.05, 0.1) is 25.9 Å². The molecule has 1 amide bonds. The van der Waals surface area contributed by atoms with Gasteiger partial charge in [0.15, 0.2) is 0 Å². The number of halogens is 1. The molecule has 1 N–H and O–H groups in total.